The van der Waals surface area contributed by atoms with Gasteiger partial charge in [-0.25, -0.2) is 9.37 Å². The number of aliphatic hydroxyl groups is 1. The number of hydrogen-bond donors (Lipinski definition) is 1. The molecule has 2 rings (SSSR count). The predicted molar refractivity (Wildman–Crippen MR) is 57.5 cm³/mol. The van der Waals surface area contributed by atoms with Gasteiger partial charge in [0.2, 0.25) is 11.7 Å². The number of nitrogens with zero attached hydrogens (tertiary/aromatic N) is 3. The van der Waals surface area contributed by atoms with E-state index in [1.54, 1.807) is 0 Å². The Morgan fingerprint density at radius 3 is 2.88 bits per heavy atom. The van der Waals surface area contributed by atoms with E-state index in [9.17, 15) is 4.39 Å². The lowest BCUT2D eigenvalue weighted by molar-refractivity contribution is 0.281. The molecule has 0 unspecified atom stereocenters. The highest BCUT2D eigenvalue weighted by atomic mass is 19.1. The number of rotatable bonds is 5. The lowest BCUT2D eigenvalue weighted by Crippen LogP contribution is -1.90. The lowest BCUT2D eigenvalue weighted by Gasteiger charge is -1.92. The Morgan fingerprint density at radius 1 is 1.29 bits per heavy atom. The van der Waals surface area contributed by atoms with Crippen LogP contribution in [-0.4, -0.2) is 26.8 Å². The van der Waals surface area contributed by atoms with E-state index in [0.29, 0.717) is 30.3 Å². The Hall–Kier alpha value is -1.82. The molecule has 2 aromatic rings. The first-order valence-electron chi connectivity index (χ1n) is 5.35. The van der Waals surface area contributed by atoms with Crippen LogP contribution in [0.15, 0.2) is 22.9 Å². The van der Waals surface area contributed by atoms with E-state index in [-0.39, 0.29) is 6.61 Å². The molecule has 90 valence electrons. The standard InChI is InChI=1S/C11H12FN3O2/c12-8-4-5-9(13-7-8)11-14-10(17-15-11)3-1-2-6-16/h4-5,7,16H,1-3,6H2. The Labute approximate surface area is 97.3 Å². The molecular formula is C11H12FN3O2. The summed E-state index contributed by atoms with van der Waals surface area (Å²) >= 11 is 0. The Bertz CT molecular complexity index is 470. The maximum atomic E-state index is 12.7. The zero-order chi connectivity index (χ0) is 12.1. The first-order valence-corrected chi connectivity index (χ1v) is 5.35. The van der Waals surface area contributed by atoms with Gasteiger partial charge in [-0.1, -0.05) is 5.16 Å². The summed E-state index contributed by atoms with van der Waals surface area (Å²) in [7, 11) is 0. The van der Waals surface area contributed by atoms with Crippen LogP contribution in [0.2, 0.25) is 0 Å². The molecule has 6 heteroatoms. The molecule has 0 fully saturated rings. The zero-order valence-corrected chi connectivity index (χ0v) is 9.14. The van der Waals surface area contributed by atoms with E-state index in [2.05, 4.69) is 15.1 Å². The van der Waals surface area contributed by atoms with Crippen LogP contribution in [0.4, 0.5) is 4.39 Å². The fourth-order valence-corrected chi connectivity index (χ4v) is 1.36. The van der Waals surface area contributed by atoms with E-state index >= 15 is 0 Å². The normalized spacial score (nSPS) is 10.7. The monoisotopic (exact) mass is 237 g/mol. The number of aryl methyl sites for hydroxylation is 1. The summed E-state index contributed by atoms with van der Waals surface area (Å²) in [6, 6.07) is 2.79. The van der Waals surface area contributed by atoms with Gasteiger partial charge in [0.15, 0.2) is 0 Å². The highest BCUT2D eigenvalue weighted by molar-refractivity contribution is 5.47. The van der Waals surface area contributed by atoms with Gasteiger partial charge in [0.05, 0.1) is 6.20 Å². The molecule has 0 aliphatic carbocycles. The quantitative estimate of drug-likeness (QED) is 0.799. The van der Waals surface area contributed by atoms with Gasteiger partial charge in [-0.2, -0.15) is 4.98 Å². The van der Waals surface area contributed by atoms with Crippen molar-refractivity contribution in [2.75, 3.05) is 6.61 Å². The van der Waals surface area contributed by atoms with E-state index in [1.807, 2.05) is 0 Å². The van der Waals surface area contributed by atoms with Gasteiger partial charge in [-0.15, -0.1) is 0 Å². The second-order valence-corrected chi connectivity index (χ2v) is 3.55. The third-order valence-corrected chi connectivity index (χ3v) is 2.22. The number of aliphatic hydroxyl groups excluding tert-OH is 1. The molecule has 0 saturated heterocycles. The van der Waals surface area contributed by atoms with Gasteiger partial charge >= 0.3 is 0 Å². The molecule has 0 aliphatic heterocycles. The maximum absolute atomic E-state index is 12.7. The number of hydrogen-bond acceptors (Lipinski definition) is 5. The van der Waals surface area contributed by atoms with Crippen molar-refractivity contribution in [3.8, 4) is 11.5 Å². The number of pyridine rings is 1. The summed E-state index contributed by atoms with van der Waals surface area (Å²) in [5.41, 5.74) is 0.476. The van der Waals surface area contributed by atoms with Crippen molar-refractivity contribution in [2.24, 2.45) is 0 Å². The minimum absolute atomic E-state index is 0.153. The summed E-state index contributed by atoms with van der Waals surface area (Å²) in [4.78, 5) is 8.00. The molecule has 0 amide bonds. The molecule has 2 heterocycles. The SMILES string of the molecule is OCCCCc1nc(-c2ccc(F)cn2)no1. The smallest absolute Gasteiger partial charge is 0.227 e. The van der Waals surface area contributed by atoms with Crippen LogP contribution < -0.4 is 0 Å². The Kier molecular flexibility index (Phi) is 3.77. The topological polar surface area (TPSA) is 72.0 Å². The molecule has 0 bridgehead atoms. The predicted octanol–water partition coefficient (Wildman–Crippen LogP) is 1.59. The summed E-state index contributed by atoms with van der Waals surface area (Å²) < 4.78 is 17.7. The minimum atomic E-state index is -0.402. The molecule has 5 nitrogen and oxygen atoms in total. The fraction of sp³-hybridized carbons (Fsp3) is 0.364. The molecule has 0 aromatic carbocycles. The first-order chi connectivity index (χ1) is 8.29. The van der Waals surface area contributed by atoms with Gasteiger partial charge in [0.25, 0.3) is 0 Å². The van der Waals surface area contributed by atoms with Gasteiger partial charge in [0, 0.05) is 13.0 Å². The molecule has 0 spiro atoms. The number of unbranched alkanes of at least 4 members (excludes halogenated alkanes) is 1. The summed E-state index contributed by atoms with van der Waals surface area (Å²) in [6.07, 6.45) is 3.22. The second kappa shape index (κ2) is 5.49. The van der Waals surface area contributed by atoms with Crippen LogP contribution in [0.5, 0.6) is 0 Å². The molecule has 0 radical (unpaired) electrons. The largest absolute Gasteiger partial charge is 0.396 e. The van der Waals surface area contributed by atoms with E-state index in [4.69, 9.17) is 9.63 Å². The van der Waals surface area contributed by atoms with Crippen LogP contribution in [0, 0.1) is 5.82 Å². The highest BCUT2D eigenvalue weighted by Gasteiger charge is 2.09. The third kappa shape index (κ3) is 3.07. The molecule has 1 N–H and O–H groups in total. The summed E-state index contributed by atoms with van der Waals surface area (Å²) in [6.45, 7) is 0.153. The Morgan fingerprint density at radius 2 is 2.18 bits per heavy atom. The second-order valence-electron chi connectivity index (χ2n) is 3.55. The molecular weight excluding hydrogens is 225 g/mol. The van der Waals surface area contributed by atoms with Crippen LogP contribution in [0.25, 0.3) is 11.5 Å². The average Bonchev–Trinajstić information content (AvgIpc) is 2.79. The molecule has 0 saturated carbocycles. The van der Waals surface area contributed by atoms with Gasteiger partial charge in [-0.05, 0) is 25.0 Å². The van der Waals surface area contributed by atoms with Gasteiger partial charge < -0.3 is 9.63 Å². The average molecular weight is 237 g/mol. The van der Waals surface area contributed by atoms with Crippen LogP contribution in [0.3, 0.4) is 0 Å². The number of halogens is 1. The maximum Gasteiger partial charge on any atom is 0.227 e. The Balaban J connectivity index is 2.04. The van der Waals surface area contributed by atoms with Crippen molar-refractivity contribution in [1.82, 2.24) is 15.1 Å². The van der Waals surface area contributed by atoms with Crippen molar-refractivity contribution in [1.29, 1.82) is 0 Å². The van der Waals surface area contributed by atoms with Gasteiger partial charge in [-0.3, -0.25) is 0 Å². The van der Waals surface area contributed by atoms with Crippen molar-refractivity contribution in [3.63, 3.8) is 0 Å². The van der Waals surface area contributed by atoms with Crippen LogP contribution in [-0.2, 0) is 6.42 Å². The summed E-state index contributed by atoms with van der Waals surface area (Å²) in [5.74, 6) is 0.448. The van der Waals surface area contributed by atoms with Crippen LogP contribution >= 0.6 is 0 Å². The number of aromatic nitrogens is 3. The van der Waals surface area contributed by atoms with Crippen molar-refractivity contribution in [3.05, 3.63) is 30.0 Å². The highest BCUT2D eigenvalue weighted by Crippen LogP contribution is 2.13. The molecule has 0 aliphatic rings. The third-order valence-electron chi connectivity index (χ3n) is 2.22. The van der Waals surface area contributed by atoms with E-state index in [0.717, 1.165) is 12.6 Å². The van der Waals surface area contributed by atoms with Crippen molar-refractivity contribution in [2.45, 2.75) is 19.3 Å². The first kappa shape index (κ1) is 11.7. The minimum Gasteiger partial charge on any atom is -0.396 e. The lowest BCUT2D eigenvalue weighted by atomic mass is 10.2. The zero-order valence-electron chi connectivity index (χ0n) is 9.14. The molecule has 2 aromatic heterocycles. The van der Waals surface area contributed by atoms with Crippen molar-refractivity contribution >= 4 is 0 Å². The molecule has 0 atom stereocenters. The van der Waals surface area contributed by atoms with E-state index in [1.165, 1.54) is 12.1 Å². The fourth-order valence-electron chi connectivity index (χ4n) is 1.36. The van der Waals surface area contributed by atoms with E-state index < -0.39 is 5.82 Å². The van der Waals surface area contributed by atoms with Gasteiger partial charge in [0.1, 0.15) is 11.5 Å². The van der Waals surface area contributed by atoms with Crippen molar-refractivity contribution < 1.29 is 14.0 Å². The summed E-state index contributed by atoms with van der Waals surface area (Å²) in [5, 5.41) is 12.4. The molecule has 17 heavy (non-hydrogen) atoms. The van der Waals surface area contributed by atoms with Crippen LogP contribution in [0.1, 0.15) is 18.7 Å².